The molecule has 3 aromatic rings. The molecule has 0 radical (unpaired) electrons. The fourth-order valence-corrected chi connectivity index (χ4v) is 3.47. The normalized spacial score (nSPS) is 13.3. The van der Waals surface area contributed by atoms with E-state index in [1.807, 2.05) is 24.3 Å². The molecule has 27 heavy (non-hydrogen) atoms. The van der Waals surface area contributed by atoms with E-state index in [0.29, 0.717) is 17.3 Å². The van der Waals surface area contributed by atoms with Crippen molar-refractivity contribution in [1.82, 2.24) is 9.55 Å². The molecule has 1 N–H and O–H groups in total. The number of halogens is 1. The second-order valence-electron chi connectivity index (χ2n) is 6.31. The van der Waals surface area contributed by atoms with E-state index < -0.39 is 17.2 Å². The molecule has 0 spiro atoms. The third-order valence-electron chi connectivity index (χ3n) is 4.65. The van der Waals surface area contributed by atoms with Crippen LogP contribution >= 0.6 is 11.6 Å². The number of para-hydroxylation sites is 1. The van der Waals surface area contributed by atoms with E-state index in [1.165, 1.54) is 6.20 Å². The lowest BCUT2D eigenvalue weighted by Crippen LogP contribution is -2.42. The average molecular weight is 382 g/mol. The molecule has 1 aliphatic rings. The number of hydrogen-bond acceptors (Lipinski definition) is 3. The van der Waals surface area contributed by atoms with Gasteiger partial charge in [0.1, 0.15) is 5.56 Å². The fourth-order valence-electron chi connectivity index (χ4n) is 3.34. The number of carbonyl (C=O) groups is 1. The highest BCUT2D eigenvalue weighted by Gasteiger charge is 2.26. The summed E-state index contributed by atoms with van der Waals surface area (Å²) in [4.78, 5) is 42.4. The average Bonchev–Trinajstić information content (AvgIpc) is 2.68. The highest BCUT2D eigenvalue weighted by atomic mass is 35.5. The van der Waals surface area contributed by atoms with Crippen molar-refractivity contribution in [2.75, 3.05) is 11.4 Å². The van der Waals surface area contributed by atoms with E-state index in [1.54, 1.807) is 29.2 Å². The number of aromatic amines is 1. The topological polar surface area (TPSA) is 75.2 Å². The van der Waals surface area contributed by atoms with E-state index >= 15 is 0 Å². The van der Waals surface area contributed by atoms with Gasteiger partial charge in [0.2, 0.25) is 0 Å². The molecule has 2 aromatic carbocycles. The molecule has 0 atom stereocenters. The summed E-state index contributed by atoms with van der Waals surface area (Å²) in [5.41, 5.74) is 0.865. The fraction of sp³-hybridized carbons (Fsp3) is 0.150. The first-order valence-corrected chi connectivity index (χ1v) is 8.94. The van der Waals surface area contributed by atoms with Crippen LogP contribution in [0.25, 0.3) is 5.69 Å². The summed E-state index contributed by atoms with van der Waals surface area (Å²) in [5.74, 6) is -0.425. The maximum atomic E-state index is 13.1. The number of aryl methyl sites for hydroxylation is 1. The third kappa shape index (κ3) is 3.08. The number of carbonyl (C=O) groups excluding carboxylic acids is 1. The van der Waals surface area contributed by atoms with Crippen molar-refractivity contribution in [3.63, 3.8) is 0 Å². The van der Waals surface area contributed by atoms with Gasteiger partial charge in [-0.1, -0.05) is 29.8 Å². The number of amides is 1. The van der Waals surface area contributed by atoms with Gasteiger partial charge >= 0.3 is 5.69 Å². The standard InChI is InChI=1S/C20H16ClN3O3/c21-14-7-9-15(10-8-14)24-19(26)16(12-22-20(24)27)18(25)23-11-3-5-13-4-1-2-6-17(13)23/h1-2,4,6-10,12H,3,5,11H2,(H,22,27). The van der Waals surface area contributed by atoms with Crippen molar-refractivity contribution >= 4 is 23.2 Å². The molecule has 0 unspecified atom stereocenters. The van der Waals surface area contributed by atoms with Crippen LogP contribution in [0.1, 0.15) is 22.3 Å². The molecule has 0 bridgehead atoms. The smallest absolute Gasteiger partial charge is 0.313 e. The Balaban J connectivity index is 1.81. The molecule has 0 aliphatic carbocycles. The molecule has 1 amide bonds. The molecular formula is C20H16ClN3O3. The zero-order valence-corrected chi connectivity index (χ0v) is 15.1. The Morgan fingerprint density at radius 2 is 1.78 bits per heavy atom. The van der Waals surface area contributed by atoms with Crippen LogP contribution in [0, 0.1) is 0 Å². The van der Waals surface area contributed by atoms with E-state index in [0.717, 1.165) is 28.7 Å². The second kappa shape index (κ2) is 6.89. The zero-order chi connectivity index (χ0) is 19.0. The van der Waals surface area contributed by atoms with Gasteiger partial charge in [0.25, 0.3) is 11.5 Å². The molecule has 0 saturated heterocycles. The first-order valence-electron chi connectivity index (χ1n) is 8.57. The summed E-state index contributed by atoms with van der Waals surface area (Å²) in [5, 5.41) is 0.486. The first-order chi connectivity index (χ1) is 13.1. The van der Waals surface area contributed by atoms with E-state index in [9.17, 15) is 14.4 Å². The van der Waals surface area contributed by atoms with Crippen molar-refractivity contribution in [1.29, 1.82) is 0 Å². The van der Waals surface area contributed by atoms with E-state index in [2.05, 4.69) is 4.98 Å². The number of anilines is 1. The van der Waals surface area contributed by atoms with Crippen LogP contribution in [0.4, 0.5) is 5.69 Å². The van der Waals surface area contributed by atoms with E-state index in [-0.39, 0.29) is 5.56 Å². The third-order valence-corrected chi connectivity index (χ3v) is 4.90. The van der Waals surface area contributed by atoms with Crippen molar-refractivity contribution in [2.24, 2.45) is 0 Å². The molecule has 0 fully saturated rings. The molecule has 136 valence electrons. The summed E-state index contributed by atoms with van der Waals surface area (Å²) in [6, 6.07) is 13.9. The number of hydrogen-bond donors (Lipinski definition) is 1. The molecular weight excluding hydrogens is 366 g/mol. The number of aromatic nitrogens is 2. The van der Waals surface area contributed by atoms with Gasteiger partial charge in [-0.25, -0.2) is 9.36 Å². The molecule has 2 heterocycles. The van der Waals surface area contributed by atoms with Crippen LogP contribution in [-0.2, 0) is 6.42 Å². The van der Waals surface area contributed by atoms with Crippen LogP contribution in [0.15, 0.2) is 64.3 Å². The molecule has 6 nitrogen and oxygen atoms in total. The molecule has 4 rings (SSSR count). The number of benzene rings is 2. The zero-order valence-electron chi connectivity index (χ0n) is 14.3. The van der Waals surface area contributed by atoms with Gasteiger partial charge in [-0.3, -0.25) is 9.59 Å². The van der Waals surface area contributed by atoms with Gasteiger partial charge in [-0.05, 0) is 48.7 Å². The van der Waals surface area contributed by atoms with Gasteiger partial charge in [0.05, 0.1) is 5.69 Å². The number of fused-ring (bicyclic) bond motifs is 1. The first kappa shape index (κ1) is 17.3. The summed E-state index contributed by atoms with van der Waals surface area (Å²) in [6.45, 7) is 0.523. The van der Waals surface area contributed by atoms with E-state index in [4.69, 9.17) is 11.6 Å². The predicted octanol–water partition coefficient (Wildman–Crippen LogP) is 2.77. The van der Waals surface area contributed by atoms with Crippen LogP contribution in [-0.4, -0.2) is 22.0 Å². The Kier molecular flexibility index (Phi) is 4.41. The van der Waals surface area contributed by atoms with Crippen molar-refractivity contribution in [3.8, 4) is 5.69 Å². The van der Waals surface area contributed by atoms with Crippen LogP contribution in [0.2, 0.25) is 5.02 Å². The lowest BCUT2D eigenvalue weighted by atomic mass is 10.0. The summed E-state index contributed by atoms with van der Waals surface area (Å²) >= 11 is 5.88. The number of H-pyrrole nitrogens is 1. The van der Waals surface area contributed by atoms with Gasteiger partial charge in [0, 0.05) is 23.5 Å². The molecule has 1 aliphatic heterocycles. The lowest BCUT2D eigenvalue weighted by molar-refractivity contribution is 0.0983. The monoisotopic (exact) mass is 381 g/mol. The Morgan fingerprint density at radius 3 is 2.56 bits per heavy atom. The predicted molar refractivity (Wildman–Crippen MR) is 104 cm³/mol. The maximum absolute atomic E-state index is 13.1. The largest absolute Gasteiger partial charge is 0.333 e. The van der Waals surface area contributed by atoms with Crippen molar-refractivity contribution in [3.05, 3.63) is 91.7 Å². The van der Waals surface area contributed by atoms with Crippen LogP contribution in [0.5, 0.6) is 0 Å². The minimum atomic E-state index is -0.658. The molecule has 7 heteroatoms. The van der Waals surface area contributed by atoms with Gasteiger partial charge in [0.15, 0.2) is 0 Å². The minimum Gasteiger partial charge on any atom is -0.313 e. The van der Waals surface area contributed by atoms with Gasteiger partial charge < -0.3 is 9.88 Å². The Bertz CT molecular complexity index is 1130. The Morgan fingerprint density at radius 1 is 1.04 bits per heavy atom. The van der Waals surface area contributed by atoms with Crippen LogP contribution in [0.3, 0.4) is 0 Å². The molecule has 0 saturated carbocycles. The summed E-state index contributed by atoms with van der Waals surface area (Å²) in [7, 11) is 0. The van der Waals surface area contributed by atoms with Crippen molar-refractivity contribution in [2.45, 2.75) is 12.8 Å². The Hall–Kier alpha value is -3.12. The highest BCUT2D eigenvalue weighted by Crippen LogP contribution is 2.27. The quantitative estimate of drug-likeness (QED) is 0.741. The second-order valence-corrected chi connectivity index (χ2v) is 6.75. The lowest BCUT2D eigenvalue weighted by Gasteiger charge is -2.29. The maximum Gasteiger partial charge on any atom is 0.333 e. The SMILES string of the molecule is O=C(c1c[nH]c(=O)n(-c2ccc(Cl)cc2)c1=O)N1CCCc2ccccc21. The molecule has 1 aromatic heterocycles. The Labute approximate surface area is 159 Å². The van der Waals surface area contributed by atoms with Gasteiger partial charge in [-0.2, -0.15) is 0 Å². The number of nitrogens with one attached hydrogen (secondary N) is 1. The minimum absolute atomic E-state index is 0.0822. The highest BCUT2D eigenvalue weighted by molar-refractivity contribution is 6.30. The number of rotatable bonds is 2. The van der Waals surface area contributed by atoms with Gasteiger partial charge in [-0.15, -0.1) is 0 Å². The number of nitrogens with zero attached hydrogens (tertiary/aromatic N) is 2. The van der Waals surface area contributed by atoms with Crippen molar-refractivity contribution < 1.29 is 4.79 Å². The summed E-state index contributed by atoms with van der Waals surface area (Å²) < 4.78 is 0.944. The summed E-state index contributed by atoms with van der Waals surface area (Å²) in [6.07, 6.45) is 2.90. The van der Waals surface area contributed by atoms with Crippen LogP contribution < -0.4 is 16.1 Å².